The highest BCUT2D eigenvalue weighted by Crippen LogP contribution is 2.27. The maximum Gasteiger partial charge on any atom is 0.0504 e. The zero-order valence-corrected chi connectivity index (χ0v) is 11.2. The van der Waals surface area contributed by atoms with E-state index in [-0.39, 0.29) is 11.3 Å². The van der Waals surface area contributed by atoms with Crippen molar-refractivity contribution in [2.24, 2.45) is 11.7 Å². The number of rotatable bonds is 3. The summed E-state index contributed by atoms with van der Waals surface area (Å²) in [7, 11) is -0.833. The summed E-state index contributed by atoms with van der Waals surface area (Å²) in [5.41, 5.74) is 7.25. The van der Waals surface area contributed by atoms with Gasteiger partial charge in [-0.1, -0.05) is 37.3 Å². The third-order valence-electron chi connectivity index (χ3n) is 3.59. The minimum atomic E-state index is -0.833. The molecule has 0 heterocycles. The first-order valence-electron chi connectivity index (χ1n) is 6.33. The van der Waals surface area contributed by atoms with Crippen molar-refractivity contribution < 1.29 is 4.21 Å². The van der Waals surface area contributed by atoms with E-state index in [2.05, 4.69) is 6.92 Å². The first-order valence-corrected chi connectivity index (χ1v) is 7.71. The van der Waals surface area contributed by atoms with E-state index in [9.17, 15) is 4.21 Å². The van der Waals surface area contributed by atoms with Gasteiger partial charge in [-0.15, -0.1) is 0 Å². The Kier molecular flexibility index (Phi) is 4.35. The molecule has 1 fully saturated rings. The smallest absolute Gasteiger partial charge is 0.0504 e. The summed E-state index contributed by atoms with van der Waals surface area (Å²) in [5.74, 6) is 1.31. The number of hydrogen-bond donors (Lipinski definition) is 1. The second kappa shape index (κ2) is 5.78. The molecule has 0 bridgehead atoms. The molecule has 1 aromatic rings. The van der Waals surface area contributed by atoms with Crippen molar-refractivity contribution in [2.75, 3.05) is 0 Å². The maximum atomic E-state index is 12.4. The molecule has 0 saturated heterocycles. The van der Waals surface area contributed by atoms with E-state index in [1.807, 2.05) is 30.3 Å². The third kappa shape index (κ3) is 3.39. The predicted molar refractivity (Wildman–Crippen MR) is 73.1 cm³/mol. The molecule has 94 valence electrons. The highest BCUT2D eigenvalue weighted by Gasteiger charge is 2.30. The van der Waals surface area contributed by atoms with Gasteiger partial charge in [0, 0.05) is 22.6 Å². The summed E-state index contributed by atoms with van der Waals surface area (Å²) in [5, 5.41) is 0.180. The summed E-state index contributed by atoms with van der Waals surface area (Å²) < 4.78 is 12.4. The van der Waals surface area contributed by atoms with E-state index in [0.717, 1.165) is 18.4 Å². The van der Waals surface area contributed by atoms with Gasteiger partial charge in [-0.2, -0.15) is 0 Å². The van der Waals surface area contributed by atoms with Crippen LogP contribution >= 0.6 is 0 Å². The molecule has 3 heteroatoms. The second-order valence-electron chi connectivity index (χ2n) is 5.13. The van der Waals surface area contributed by atoms with E-state index in [0.29, 0.717) is 11.7 Å². The first-order chi connectivity index (χ1) is 8.16. The lowest BCUT2D eigenvalue weighted by atomic mass is 9.87. The molecule has 1 saturated carbocycles. The van der Waals surface area contributed by atoms with Crippen LogP contribution in [0.15, 0.2) is 30.3 Å². The zero-order chi connectivity index (χ0) is 12.3. The Balaban J connectivity index is 1.99. The maximum absolute atomic E-state index is 12.4. The summed E-state index contributed by atoms with van der Waals surface area (Å²) >= 11 is 0. The quantitative estimate of drug-likeness (QED) is 0.896. The molecule has 1 aliphatic rings. The van der Waals surface area contributed by atoms with Crippen LogP contribution in [0.25, 0.3) is 0 Å². The SMILES string of the molecule is CC1CCC(N)C(S(=O)Cc2ccccc2)C1. The Hall–Kier alpha value is -0.670. The minimum absolute atomic E-state index is 0.121. The standard InChI is InChI=1S/C14H21NOS/c1-11-7-8-13(15)14(9-11)17(16)10-12-5-3-2-4-6-12/h2-6,11,13-14H,7-10,15H2,1H3. The van der Waals surface area contributed by atoms with Crippen molar-refractivity contribution in [1.82, 2.24) is 0 Å². The second-order valence-corrected chi connectivity index (χ2v) is 6.79. The van der Waals surface area contributed by atoms with Crippen LogP contribution in [0.2, 0.25) is 0 Å². The van der Waals surface area contributed by atoms with Gasteiger partial charge in [0.1, 0.15) is 0 Å². The Morgan fingerprint density at radius 2 is 2.00 bits per heavy atom. The van der Waals surface area contributed by atoms with Gasteiger partial charge in [0.05, 0.1) is 5.25 Å². The van der Waals surface area contributed by atoms with Crippen molar-refractivity contribution in [3.05, 3.63) is 35.9 Å². The van der Waals surface area contributed by atoms with Crippen molar-refractivity contribution in [2.45, 2.75) is 43.2 Å². The molecule has 2 rings (SSSR count). The van der Waals surface area contributed by atoms with Crippen LogP contribution < -0.4 is 5.73 Å². The fraction of sp³-hybridized carbons (Fsp3) is 0.571. The molecule has 2 N–H and O–H groups in total. The van der Waals surface area contributed by atoms with Crippen LogP contribution in [0, 0.1) is 5.92 Å². The van der Waals surface area contributed by atoms with Crippen LogP contribution in [-0.4, -0.2) is 15.5 Å². The lowest BCUT2D eigenvalue weighted by molar-refractivity contribution is 0.353. The van der Waals surface area contributed by atoms with E-state index >= 15 is 0 Å². The largest absolute Gasteiger partial charge is 0.327 e. The van der Waals surface area contributed by atoms with Gasteiger partial charge in [0.2, 0.25) is 0 Å². The molecule has 1 aliphatic carbocycles. The Labute approximate surface area is 106 Å². The zero-order valence-electron chi connectivity index (χ0n) is 10.3. The molecule has 2 nitrogen and oxygen atoms in total. The Morgan fingerprint density at radius 3 is 2.71 bits per heavy atom. The molecule has 0 aromatic heterocycles. The molecule has 17 heavy (non-hydrogen) atoms. The van der Waals surface area contributed by atoms with Crippen LogP contribution in [0.4, 0.5) is 0 Å². The van der Waals surface area contributed by atoms with Crippen molar-refractivity contribution >= 4 is 10.8 Å². The van der Waals surface area contributed by atoms with Crippen molar-refractivity contribution in [1.29, 1.82) is 0 Å². The summed E-state index contributed by atoms with van der Waals surface area (Å²) in [6, 6.07) is 10.2. The summed E-state index contributed by atoms with van der Waals surface area (Å²) in [6.45, 7) is 2.23. The number of benzene rings is 1. The van der Waals surface area contributed by atoms with Crippen LogP contribution in [0.1, 0.15) is 31.7 Å². The van der Waals surface area contributed by atoms with Gasteiger partial charge in [0.25, 0.3) is 0 Å². The van der Waals surface area contributed by atoms with E-state index in [4.69, 9.17) is 5.73 Å². The molecule has 4 atom stereocenters. The fourth-order valence-electron chi connectivity index (χ4n) is 2.50. The molecule has 0 radical (unpaired) electrons. The molecule has 0 spiro atoms. The van der Waals surface area contributed by atoms with E-state index in [1.54, 1.807) is 0 Å². The molecule has 0 aliphatic heterocycles. The minimum Gasteiger partial charge on any atom is -0.327 e. The normalized spacial score (nSPS) is 31.1. The van der Waals surface area contributed by atoms with Gasteiger partial charge in [0.15, 0.2) is 0 Å². The van der Waals surface area contributed by atoms with Crippen molar-refractivity contribution in [3.8, 4) is 0 Å². The number of hydrogen-bond acceptors (Lipinski definition) is 2. The monoisotopic (exact) mass is 251 g/mol. The lowest BCUT2D eigenvalue weighted by Gasteiger charge is -2.31. The average molecular weight is 251 g/mol. The average Bonchev–Trinajstić information content (AvgIpc) is 2.33. The van der Waals surface area contributed by atoms with Gasteiger partial charge >= 0.3 is 0 Å². The van der Waals surface area contributed by atoms with Crippen molar-refractivity contribution in [3.63, 3.8) is 0 Å². The van der Waals surface area contributed by atoms with Crippen LogP contribution in [0.5, 0.6) is 0 Å². The Bertz CT molecular complexity index is 379. The summed E-state index contributed by atoms with van der Waals surface area (Å²) in [6.07, 6.45) is 3.22. The van der Waals surface area contributed by atoms with Crippen LogP contribution in [-0.2, 0) is 16.6 Å². The predicted octanol–water partition coefficient (Wildman–Crippen LogP) is 2.45. The Morgan fingerprint density at radius 1 is 1.29 bits per heavy atom. The molecule has 4 unspecified atom stereocenters. The van der Waals surface area contributed by atoms with Gasteiger partial charge < -0.3 is 5.73 Å². The highest BCUT2D eigenvalue weighted by atomic mass is 32.2. The molecular formula is C14H21NOS. The molecule has 0 amide bonds. The molecule has 1 aromatic carbocycles. The van der Waals surface area contributed by atoms with Gasteiger partial charge in [-0.25, -0.2) is 0 Å². The third-order valence-corrected chi connectivity index (χ3v) is 5.43. The van der Waals surface area contributed by atoms with Gasteiger partial charge in [-0.3, -0.25) is 4.21 Å². The lowest BCUT2D eigenvalue weighted by Crippen LogP contribution is -2.42. The summed E-state index contributed by atoms with van der Waals surface area (Å²) in [4.78, 5) is 0. The number of nitrogens with two attached hydrogens (primary N) is 1. The highest BCUT2D eigenvalue weighted by molar-refractivity contribution is 7.84. The van der Waals surface area contributed by atoms with Gasteiger partial charge in [-0.05, 0) is 30.7 Å². The van der Waals surface area contributed by atoms with E-state index in [1.165, 1.54) is 6.42 Å². The topological polar surface area (TPSA) is 43.1 Å². The first kappa shape index (κ1) is 12.8. The van der Waals surface area contributed by atoms with E-state index < -0.39 is 10.8 Å². The molecular weight excluding hydrogens is 230 g/mol. The fourth-order valence-corrected chi connectivity index (χ4v) is 4.30. The van der Waals surface area contributed by atoms with Crippen LogP contribution in [0.3, 0.4) is 0 Å².